The van der Waals surface area contributed by atoms with E-state index in [9.17, 15) is 31.1 Å². The Morgan fingerprint density at radius 1 is 0.941 bits per heavy atom. The summed E-state index contributed by atoms with van der Waals surface area (Å²) < 4.78 is 85.2. The van der Waals surface area contributed by atoms with Crippen LogP contribution in [-0.2, 0) is 21.9 Å². The number of rotatable bonds is 10. The first-order valence-corrected chi connectivity index (χ1v) is 11.2. The molecule has 2 N–H and O–H groups in total. The summed E-state index contributed by atoms with van der Waals surface area (Å²) in [5, 5.41) is 0. The van der Waals surface area contributed by atoms with Crippen molar-refractivity contribution in [1.82, 2.24) is 4.90 Å². The number of amides is 1. The number of hydrogen-bond acceptors (Lipinski definition) is 2. The first-order valence-electron chi connectivity index (χ1n) is 11.2. The summed E-state index contributed by atoms with van der Waals surface area (Å²) in [4.78, 5) is 14.4. The molecule has 1 aliphatic heterocycles. The fourth-order valence-electron chi connectivity index (χ4n) is 4.09. The molecule has 1 aromatic rings. The fraction of sp³-hybridized carbons (Fsp3) is 0.696. The van der Waals surface area contributed by atoms with Gasteiger partial charge in [-0.3, -0.25) is 4.79 Å². The SMILES string of the molecule is CCCCCCCCC1OCCN(C(CC)c2cc(C(F)(F)F)cc(C(F)(F)F)c2)C1=O.Cl.O. The summed E-state index contributed by atoms with van der Waals surface area (Å²) in [6.07, 6.45) is -3.69. The van der Waals surface area contributed by atoms with Crippen molar-refractivity contribution in [2.24, 2.45) is 0 Å². The van der Waals surface area contributed by atoms with E-state index in [1.54, 1.807) is 6.92 Å². The van der Waals surface area contributed by atoms with Gasteiger partial charge in [0.15, 0.2) is 0 Å². The first kappa shape index (κ1) is 32.5. The van der Waals surface area contributed by atoms with E-state index in [-0.39, 0.29) is 55.0 Å². The topological polar surface area (TPSA) is 61.0 Å². The standard InChI is InChI=1S/C23H31F6NO2.ClH.H2O/c1-3-5-6-7-8-9-10-20-21(31)30(11-12-32-20)19(4-2)16-13-17(22(24,25)26)15-18(14-16)23(27,28)29;;/h13-15,19-20H,3-12H2,1-2H3;1H;1H2. The van der Waals surface area contributed by atoms with E-state index in [0.29, 0.717) is 6.42 Å². The maximum atomic E-state index is 13.3. The number of nitrogens with zero attached hydrogens (tertiary/aromatic N) is 1. The van der Waals surface area contributed by atoms with Crippen molar-refractivity contribution in [3.05, 3.63) is 34.9 Å². The zero-order chi connectivity index (χ0) is 23.9. The van der Waals surface area contributed by atoms with Crippen LogP contribution in [0.25, 0.3) is 0 Å². The van der Waals surface area contributed by atoms with E-state index in [2.05, 4.69) is 6.92 Å². The van der Waals surface area contributed by atoms with Gasteiger partial charge in [0.25, 0.3) is 5.91 Å². The molecule has 2 unspecified atom stereocenters. The van der Waals surface area contributed by atoms with Crippen LogP contribution in [0.1, 0.15) is 87.9 Å². The minimum absolute atomic E-state index is 0. The number of carbonyl (C=O) groups excluding carboxylic acids is 1. The Morgan fingerprint density at radius 3 is 1.97 bits per heavy atom. The van der Waals surface area contributed by atoms with Gasteiger partial charge in [0.05, 0.1) is 23.8 Å². The number of ether oxygens (including phenoxy) is 1. The second-order valence-corrected chi connectivity index (χ2v) is 8.21. The lowest BCUT2D eigenvalue weighted by Gasteiger charge is -2.38. The normalized spacial score (nSPS) is 17.7. The predicted octanol–water partition coefficient (Wildman–Crippen LogP) is 6.75. The van der Waals surface area contributed by atoms with Crippen LogP contribution in [0.2, 0.25) is 0 Å². The Labute approximate surface area is 202 Å². The third-order valence-electron chi connectivity index (χ3n) is 5.79. The van der Waals surface area contributed by atoms with Crippen molar-refractivity contribution in [2.45, 2.75) is 89.7 Å². The molecule has 1 aromatic carbocycles. The van der Waals surface area contributed by atoms with Gasteiger partial charge in [0.1, 0.15) is 6.10 Å². The summed E-state index contributed by atoms with van der Waals surface area (Å²) in [6.45, 7) is 4.09. The van der Waals surface area contributed by atoms with Crippen molar-refractivity contribution >= 4 is 18.3 Å². The zero-order valence-corrected chi connectivity index (χ0v) is 20.2. The minimum Gasteiger partial charge on any atom is -0.412 e. The summed E-state index contributed by atoms with van der Waals surface area (Å²) in [6, 6.07) is 0.657. The van der Waals surface area contributed by atoms with Gasteiger partial charge in [-0.1, -0.05) is 52.4 Å². The van der Waals surface area contributed by atoms with Crippen molar-refractivity contribution in [3.8, 4) is 0 Å². The highest BCUT2D eigenvalue weighted by Gasteiger charge is 2.39. The lowest BCUT2D eigenvalue weighted by molar-refractivity contribution is -0.157. The smallest absolute Gasteiger partial charge is 0.412 e. The molecule has 1 fully saturated rings. The van der Waals surface area contributed by atoms with Gasteiger partial charge in [-0.25, -0.2) is 0 Å². The van der Waals surface area contributed by atoms with Crippen LogP contribution >= 0.6 is 12.4 Å². The predicted molar refractivity (Wildman–Crippen MR) is 120 cm³/mol. The first-order chi connectivity index (χ1) is 15.0. The average molecular weight is 522 g/mol. The average Bonchev–Trinajstić information content (AvgIpc) is 2.72. The largest absolute Gasteiger partial charge is 0.416 e. The third kappa shape index (κ3) is 8.92. The molecule has 2 rings (SSSR count). The Kier molecular flexibility index (Phi) is 13.5. The molecule has 0 bridgehead atoms. The highest BCUT2D eigenvalue weighted by Crippen LogP contribution is 2.39. The molecule has 1 saturated heterocycles. The molecule has 1 heterocycles. The third-order valence-corrected chi connectivity index (χ3v) is 5.79. The Morgan fingerprint density at radius 2 is 1.47 bits per heavy atom. The zero-order valence-electron chi connectivity index (χ0n) is 19.4. The molecule has 2 atom stereocenters. The molecule has 4 nitrogen and oxygen atoms in total. The molecule has 0 spiro atoms. The molecule has 0 radical (unpaired) electrons. The van der Waals surface area contributed by atoms with Gasteiger partial charge in [-0.15, -0.1) is 12.4 Å². The van der Waals surface area contributed by atoms with E-state index in [4.69, 9.17) is 4.74 Å². The molecule has 34 heavy (non-hydrogen) atoms. The van der Waals surface area contributed by atoms with E-state index < -0.39 is 35.6 Å². The van der Waals surface area contributed by atoms with Crippen molar-refractivity contribution in [3.63, 3.8) is 0 Å². The molecule has 0 aromatic heterocycles. The van der Waals surface area contributed by atoms with Gasteiger partial charge < -0.3 is 15.1 Å². The summed E-state index contributed by atoms with van der Waals surface area (Å²) in [7, 11) is 0. The number of alkyl halides is 6. The maximum Gasteiger partial charge on any atom is 0.416 e. The van der Waals surface area contributed by atoms with E-state index in [1.807, 2.05) is 0 Å². The van der Waals surface area contributed by atoms with Crippen LogP contribution in [0.15, 0.2) is 18.2 Å². The van der Waals surface area contributed by atoms with Crippen LogP contribution in [0.5, 0.6) is 0 Å². The highest BCUT2D eigenvalue weighted by atomic mass is 35.5. The molecule has 1 aliphatic rings. The molecule has 1 amide bonds. The number of unbranched alkanes of at least 4 members (excludes halogenated alkanes) is 5. The van der Waals surface area contributed by atoms with Crippen molar-refractivity contribution in [2.75, 3.05) is 13.2 Å². The highest BCUT2D eigenvalue weighted by molar-refractivity contribution is 5.85. The number of halogens is 7. The number of morpholine rings is 1. The van der Waals surface area contributed by atoms with Crippen LogP contribution in [-0.4, -0.2) is 35.5 Å². The number of hydrogen-bond donors (Lipinski definition) is 0. The van der Waals surface area contributed by atoms with E-state index >= 15 is 0 Å². The Hall–Kier alpha value is -1.52. The minimum atomic E-state index is -4.93. The quantitative estimate of drug-likeness (QED) is 0.252. The van der Waals surface area contributed by atoms with E-state index in [0.717, 1.165) is 50.7 Å². The molecule has 0 aliphatic carbocycles. The molecular formula is C23H34ClF6NO3. The maximum absolute atomic E-state index is 13.3. The summed E-state index contributed by atoms with van der Waals surface area (Å²) >= 11 is 0. The van der Waals surface area contributed by atoms with Crippen molar-refractivity contribution in [1.29, 1.82) is 0 Å². The van der Waals surface area contributed by atoms with Gasteiger partial charge in [0.2, 0.25) is 0 Å². The molecule has 0 saturated carbocycles. The number of carbonyl (C=O) groups is 1. The Balaban J connectivity index is 0.00000544. The second kappa shape index (κ2) is 14.1. The van der Waals surface area contributed by atoms with Crippen LogP contribution in [0, 0.1) is 0 Å². The monoisotopic (exact) mass is 521 g/mol. The Bertz CT molecular complexity index is 725. The summed E-state index contributed by atoms with van der Waals surface area (Å²) in [5.41, 5.74) is -2.90. The van der Waals surface area contributed by atoms with Gasteiger partial charge in [0, 0.05) is 6.54 Å². The lowest BCUT2D eigenvalue weighted by Crippen LogP contribution is -2.49. The van der Waals surface area contributed by atoms with Crippen LogP contribution in [0.4, 0.5) is 26.3 Å². The fourth-order valence-corrected chi connectivity index (χ4v) is 4.09. The van der Waals surface area contributed by atoms with Gasteiger partial charge in [-0.2, -0.15) is 26.3 Å². The second-order valence-electron chi connectivity index (χ2n) is 8.21. The number of benzene rings is 1. The van der Waals surface area contributed by atoms with Gasteiger partial charge >= 0.3 is 12.4 Å². The van der Waals surface area contributed by atoms with Crippen LogP contribution in [0.3, 0.4) is 0 Å². The lowest BCUT2D eigenvalue weighted by atomic mass is 9.95. The molecule has 11 heteroatoms. The molecular weight excluding hydrogens is 488 g/mol. The van der Waals surface area contributed by atoms with Crippen LogP contribution < -0.4 is 0 Å². The van der Waals surface area contributed by atoms with Gasteiger partial charge in [-0.05, 0) is 36.6 Å². The van der Waals surface area contributed by atoms with E-state index in [1.165, 1.54) is 4.90 Å². The molecule has 198 valence electrons. The van der Waals surface area contributed by atoms with Crippen molar-refractivity contribution < 1.29 is 41.4 Å². The summed E-state index contributed by atoms with van der Waals surface area (Å²) in [5.74, 6) is -0.373.